The average Bonchev–Trinajstić information content (AvgIpc) is 2.92. The van der Waals surface area contributed by atoms with Crippen molar-refractivity contribution in [3.05, 3.63) is 31.3 Å². The summed E-state index contributed by atoms with van der Waals surface area (Å²) in [6.07, 6.45) is 2.74. The van der Waals surface area contributed by atoms with Crippen molar-refractivity contribution < 1.29 is 9.90 Å². The van der Waals surface area contributed by atoms with Gasteiger partial charge in [-0.2, -0.15) is 0 Å². The van der Waals surface area contributed by atoms with Crippen molar-refractivity contribution >= 4 is 27.5 Å². The second-order valence-corrected chi connectivity index (χ2v) is 6.80. The largest absolute Gasteiger partial charge is 0.480 e. The summed E-state index contributed by atoms with van der Waals surface area (Å²) in [5.41, 5.74) is -0.138. The number of carbonyl (C=O) groups is 1. The minimum absolute atomic E-state index is 0.356. The molecular weight excluding hydrogens is 292 g/mol. The van der Waals surface area contributed by atoms with E-state index in [2.05, 4.69) is 4.98 Å². The number of thiophene rings is 1. The van der Waals surface area contributed by atoms with Gasteiger partial charge in [-0.1, -0.05) is 13.8 Å². The van der Waals surface area contributed by atoms with Crippen molar-refractivity contribution in [2.45, 2.75) is 39.2 Å². The Hall–Kier alpha value is -1.89. The van der Waals surface area contributed by atoms with Crippen LogP contribution >= 0.6 is 11.3 Å². The van der Waals surface area contributed by atoms with Gasteiger partial charge in [0.25, 0.3) is 5.56 Å². The minimum atomic E-state index is -1.16. The van der Waals surface area contributed by atoms with Crippen LogP contribution in [0, 0.1) is 5.92 Å². The maximum atomic E-state index is 12.7. The smallest absolute Gasteiger partial charge is 0.330 e. The van der Waals surface area contributed by atoms with E-state index in [9.17, 15) is 19.5 Å². The third-order valence-corrected chi connectivity index (χ3v) is 5.16. The van der Waals surface area contributed by atoms with Gasteiger partial charge in [0, 0.05) is 4.88 Å². The number of aromatic amines is 1. The predicted octanol–water partition coefficient (Wildman–Crippen LogP) is 1.52. The number of nitrogens with one attached hydrogen (secondary N) is 1. The zero-order chi connectivity index (χ0) is 15.3. The number of nitrogens with zero attached hydrogens (tertiary/aromatic N) is 1. The van der Waals surface area contributed by atoms with Crippen LogP contribution in [0.3, 0.4) is 0 Å². The molecule has 0 spiro atoms. The van der Waals surface area contributed by atoms with Crippen LogP contribution in [-0.4, -0.2) is 20.6 Å². The number of rotatable bonds is 3. The molecule has 2 aromatic heterocycles. The van der Waals surface area contributed by atoms with E-state index < -0.39 is 23.3 Å². The summed E-state index contributed by atoms with van der Waals surface area (Å²) in [5.74, 6) is -1.52. The van der Waals surface area contributed by atoms with Gasteiger partial charge < -0.3 is 5.11 Å². The molecule has 2 aromatic rings. The summed E-state index contributed by atoms with van der Waals surface area (Å²) in [7, 11) is 0. The standard InChI is InChI=1S/C14H16N2O4S/c1-6(2)10(13(18)19)16-12(17)9-7-4-3-5-8(7)21-11(9)15-14(16)20/h6,10H,3-5H2,1-2H3,(H,15,20)(H,18,19). The van der Waals surface area contributed by atoms with Crippen molar-refractivity contribution in [3.8, 4) is 0 Å². The number of aryl methyl sites for hydroxylation is 2. The van der Waals surface area contributed by atoms with E-state index in [1.807, 2.05) is 0 Å². The third-order valence-electron chi connectivity index (χ3n) is 3.96. The molecule has 1 aliphatic carbocycles. The Morgan fingerprint density at radius 2 is 2.05 bits per heavy atom. The van der Waals surface area contributed by atoms with E-state index in [0.29, 0.717) is 10.2 Å². The molecule has 0 radical (unpaired) electrons. The van der Waals surface area contributed by atoms with Gasteiger partial charge in [0.1, 0.15) is 10.9 Å². The lowest BCUT2D eigenvalue weighted by Crippen LogP contribution is -2.42. The third kappa shape index (κ3) is 2.03. The van der Waals surface area contributed by atoms with Crippen LogP contribution in [0.5, 0.6) is 0 Å². The van der Waals surface area contributed by atoms with Crippen molar-refractivity contribution in [2.24, 2.45) is 5.92 Å². The van der Waals surface area contributed by atoms with Crippen molar-refractivity contribution in [1.29, 1.82) is 0 Å². The number of fused-ring (bicyclic) bond motifs is 3. The summed E-state index contributed by atoms with van der Waals surface area (Å²) in [6.45, 7) is 3.37. The van der Waals surface area contributed by atoms with Gasteiger partial charge in [-0.3, -0.25) is 9.78 Å². The van der Waals surface area contributed by atoms with E-state index >= 15 is 0 Å². The maximum absolute atomic E-state index is 12.7. The highest BCUT2D eigenvalue weighted by atomic mass is 32.1. The van der Waals surface area contributed by atoms with Crippen molar-refractivity contribution in [3.63, 3.8) is 0 Å². The van der Waals surface area contributed by atoms with Crippen LogP contribution in [0.15, 0.2) is 9.59 Å². The summed E-state index contributed by atoms with van der Waals surface area (Å²) in [6, 6.07) is -1.15. The highest BCUT2D eigenvalue weighted by molar-refractivity contribution is 7.18. The van der Waals surface area contributed by atoms with Gasteiger partial charge in [0.2, 0.25) is 0 Å². The molecule has 0 fully saturated rings. The summed E-state index contributed by atoms with van der Waals surface area (Å²) in [4.78, 5) is 40.7. The summed E-state index contributed by atoms with van der Waals surface area (Å²) < 4.78 is 0.862. The lowest BCUT2D eigenvalue weighted by Gasteiger charge is -2.18. The maximum Gasteiger partial charge on any atom is 0.330 e. The quantitative estimate of drug-likeness (QED) is 0.899. The van der Waals surface area contributed by atoms with Crippen LogP contribution in [0.2, 0.25) is 0 Å². The molecule has 6 nitrogen and oxygen atoms in total. The van der Waals surface area contributed by atoms with Gasteiger partial charge in [-0.05, 0) is 30.7 Å². The lowest BCUT2D eigenvalue weighted by molar-refractivity contribution is -0.142. The van der Waals surface area contributed by atoms with Crippen LogP contribution in [0.1, 0.15) is 36.8 Å². The first-order valence-corrected chi connectivity index (χ1v) is 7.75. The van der Waals surface area contributed by atoms with E-state index in [0.717, 1.165) is 34.3 Å². The highest BCUT2D eigenvalue weighted by Gasteiger charge is 2.29. The number of hydrogen-bond donors (Lipinski definition) is 2. The fourth-order valence-electron chi connectivity index (χ4n) is 3.03. The number of H-pyrrole nitrogens is 1. The van der Waals surface area contributed by atoms with E-state index in [-0.39, 0.29) is 5.92 Å². The first-order valence-electron chi connectivity index (χ1n) is 6.93. The van der Waals surface area contributed by atoms with Gasteiger partial charge in [0.05, 0.1) is 5.39 Å². The van der Waals surface area contributed by atoms with Crippen molar-refractivity contribution in [2.75, 3.05) is 0 Å². The Kier molecular flexibility index (Phi) is 3.24. The molecule has 0 aliphatic heterocycles. The SMILES string of the molecule is CC(C)C(C(=O)O)n1c(=O)[nH]c2sc3c(c2c1=O)CCC3. The van der Waals surface area contributed by atoms with Gasteiger partial charge in [-0.15, -0.1) is 11.3 Å². The monoisotopic (exact) mass is 308 g/mol. The number of carboxylic acid groups (broad SMARTS) is 1. The molecule has 0 aromatic carbocycles. The number of carboxylic acids is 1. The van der Waals surface area contributed by atoms with Gasteiger partial charge >= 0.3 is 11.7 Å². The molecule has 0 bridgehead atoms. The van der Waals surface area contributed by atoms with Crippen LogP contribution in [-0.2, 0) is 17.6 Å². The zero-order valence-electron chi connectivity index (χ0n) is 11.8. The Morgan fingerprint density at radius 3 is 2.67 bits per heavy atom. The van der Waals surface area contributed by atoms with E-state index in [1.54, 1.807) is 13.8 Å². The molecule has 0 amide bonds. The molecule has 1 unspecified atom stereocenters. The van der Waals surface area contributed by atoms with Crippen LogP contribution in [0.25, 0.3) is 10.2 Å². The minimum Gasteiger partial charge on any atom is -0.480 e. The molecule has 7 heteroatoms. The second-order valence-electron chi connectivity index (χ2n) is 5.69. The highest BCUT2D eigenvalue weighted by Crippen LogP contribution is 2.34. The van der Waals surface area contributed by atoms with E-state index in [4.69, 9.17) is 0 Å². The van der Waals surface area contributed by atoms with E-state index in [1.165, 1.54) is 11.3 Å². The molecule has 1 aliphatic rings. The topological polar surface area (TPSA) is 92.2 Å². The molecule has 112 valence electrons. The van der Waals surface area contributed by atoms with Gasteiger partial charge in [-0.25, -0.2) is 14.2 Å². The molecular formula is C14H16N2O4S. The zero-order valence-corrected chi connectivity index (χ0v) is 12.6. The Labute approximate surface area is 124 Å². The first-order chi connectivity index (χ1) is 9.91. The predicted molar refractivity (Wildman–Crippen MR) is 80.2 cm³/mol. The molecule has 3 rings (SSSR count). The second kappa shape index (κ2) is 4.84. The molecule has 1 atom stereocenters. The summed E-state index contributed by atoms with van der Waals surface area (Å²) >= 11 is 1.44. The van der Waals surface area contributed by atoms with Crippen molar-refractivity contribution in [1.82, 2.24) is 9.55 Å². The molecule has 21 heavy (non-hydrogen) atoms. The normalized spacial score (nSPS) is 15.6. The fourth-order valence-corrected chi connectivity index (χ4v) is 4.31. The molecule has 0 saturated carbocycles. The Bertz CT molecular complexity index is 843. The summed E-state index contributed by atoms with van der Waals surface area (Å²) in [5, 5.41) is 9.85. The van der Waals surface area contributed by atoms with Crippen LogP contribution < -0.4 is 11.2 Å². The first kappa shape index (κ1) is 14.1. The van der Waals surface area contributed by atoms with Gasteiger partial charge in [0.15, 0.2) is 0 Å². The Morgan fingerprint density at radius 1 is 1.33 bits per heavy atom. The molecule has 2 heterocycles. The molecule has 0 saturated heterocycles. The molecule has 2 N–H and O–H groups in total. The fraction of sp³-hybridized carbons (Fsp3) is 0.500. The van der Waals surface area contributed by atoms with Crippen LogP contribution in [0.4, 0.5) is 0 Å². The number of aromatic nitrogens is 2. The number of aliphatic carboxylic acids is 1. The lowest BCUT2D eigenvalue weighted by atomic mass is 10.0. The average molecular weight is 308 g/mol. The Balaban J connectivity index is 2.36. The number of hydrogen-bond acceptors (Lipinski definition) is 4.